The fraction of sp³-hybridized carbons (Fsp3) is 0.0952. The van der Waals surface area contributed by atoms with Crippen molar-refractivity contribution in [2.24, 2.45) is 0 Å². The summed E-state index contributed by atoms with van der Waals surface area (Å²) in [5.41, 5.74) is 0.992. The van der Waals surface area contributed by atoms with Crippen molar-refractivity contribution < 1.29 is 17.9 Å². The molecule has 1 saturated heterocycles. The molecule has 142 valence electrons. The van der Waals surface area contributed by atoms with Gasteiger partial charge in [-0.3, -0.25) is 9.69 Å². The van der Waals surface area contributed by atoms with Crippen LogP contribution in [0.25, 0.3) is 0 Å². The molecule has 3 aromatic carbocycles. The van der Waals surface area contributed by atoms with Crippen LogP contribution in [0.1, 0.15) is 10.9 Å². The number of halogens is 1. The average Bonchev–Trinajstić information content (AvgIpc) is 2.92. The molecule has 0 aliphatic carbocycles. The Morgan fingerprint density at radius 3 is 2.11 bits per heavy atom. The van der Waals surface area contributed by atoms with E-state index in [9.17, 15) is 13.2 Å². The number of para-hydroxylation sites is 1. The Balaban J connectivity index is 1.66. The van der Waals surface area contributed by atoms with Gasteiger partial charge in [0.2, 0.25) is 5.91 Å². The first kappa shape index (κ1) is 18.5. The van der Waals surface area contributed by atoms with Gasteiger partial charge in [0.1, 0.15) is 17.3 Å². The van der Waals surface area contributed by atoms with Crippen molar-refractivity contribution in [3.8, 4) is 11.5 Å². The summed E-state index contributed by atoms with van der Waals surface area (Å²) in [6.07, 6.45) is 0. The molecule has 7 heteroatoms. The first-order valence-electron chi connectivity index (χ1n) is 8.56. The Kier molecular flexibility index (Phi) is 4.83. The van der Waals surface area contributed by atoms with Crippen LogP contribution in [0.5, 0.6) is 11.5 Å². The normalized spacial score (nSPS) is 18.2. The average molecular weight is 414 g/mol. The zero-order valence-electron chi connectivity index (χ0n) is 14.7. The summed E-state index contributed by atoms with van der Waals surface area (Å²) in [6, 6.07) is 22.6. The van der Waals surface area contributed by atoms with Gasteiger partial charge < -0.3 is 4.74 Å². The summed E-state index contributed by atoms with van der Waals surface area (Å²) in [5.74, 6) is 0.293. The molecular formula is C21H16ClNO4S. The summed E-state index contributed by atoms with van der Waals surface area (Å²) < 4.78 is 31.0. The monoisotopic (exact) mass is 413 g/mol. The molecule has 5 nitrogen and oxygen atoms in total. The lowest BCUT2D eigenvalue weighted by molar-refractivity contribution is -0.115. The topological polar surface area (TPSA) is 63.7 Å². The van der Waals surface area contributed by atoms with Crippen LogP contribution in [-0.4, -0.2) is 20.1 Å². The largest absolute Gasteiger partial charge is 0.457 e. The predicted molar refractivity (Wildman–Crippen MR) is 108 cm³/mol. The van der Waals surface area contributed by atoms with E-state index in [1.54, 1.807) is 48.5 Å². The van der Waals surface area contributed by atoms with E-state index >= 15 is 0 Å². The first-order chi connectivity index (χ1) is 13.4. The third-order valence-corrected chi connectivity index (χ3v) is 6.48. The molecule has 28 heavy (non-hydrogen) atoms. The van der Waals surface area contributed by atoms with Crippen LogP contribution in [-0.2, 0) is 14.6 Å². The van der Waals surface area contributed by atoms with Crippen LogP contribution < -0.4 is 9.64 Å². The van der Waals surface area contributed by atoms with E-state index in [4.69, 9.17) is 16.3 Å². The van der Waals surface area contributed by atoms with E-state index in [2.05, 4.69) is 0 Å². The number of rotatable bonds is 4. The van der Waals surface area contributed by atoms with E-state index in [0.29, 0.717) is 27.8 Å². The molecule has 4 rings (SSSR count). The molecule has 0 saturated carbocycles. The number of ether oxygens (including phenoxy) is 1. The van der Waals surface area contributed by atoms with Gasteiger partial charge in [0.15, 0.2) is 15.2 Å². The zero-order valence-corrected chi connectivity index (χ0v) is 16.2. The SMILES string of the molecule is O=C1CS(=O)(=O)C(c2ccc(Cl)cc2)N1c1ccc(Oc2ccccc2)cc1. The second-order valence-corrected chi connectivity index (χ2v) is 8.88. The van der Waals surface area contributed by atoms with Crippen molar-refractivity contribution >= 4 is 33.0 Å². The summed E-state index contributed by atoms with van der Waals surface area (Å²) >= 11 is 5.91. The van der Waals surface area contributed by atoms with Gasteiger partial charge in [0.05, 0.1) is 0 Å². The van der Waals surface area contributed by atoms with E-state index in [0.717, 1.165) is 0 Å². The highest BCUT2D eigenvalue weighted by Gasteiger charge is 2.45. The number of benzene rings is 3. The molecule has 0 spiro atoms. The van der Waals surface area contributed by atoms with Gasteiger partial charge in [0, 0.05) is 10.7 Å². The fourth-order valence-electron chi connectivity index (χ4n) is 3.17. The highest BCUT2D eigenvalue weighted by atomic mass is 35.5. The van der Waals surface area contributed by atoms with Crippen molar-refractivity contribution in [1.82, 2.24) is 0 Å². The molecule has 1 atom stereocenters. The van der Waals surface area contributed by atoms with Crippen LogP contribution in [0.2, 0.25) is 5.02 Å². The molecule has 0 N–H and O–H groups in total. The van der Waals surface area contributed by atoms with Gasteiger partial charge in [-0.1, -0.05) is 41.9 Å². The highest BCUT2D eigenvalue weighted by molar-refractivity contribution is 7.93. The van der Waals surface area contributed by atoms with Gasteiger partial charge in [-0.15, -0.1) is 0 Å². The summed E-state index contributed by atoms with van der Waals surface area (Å²) in [6.45, 7) is 0. The third kappa shape index (κ3) is 3.61. The number of carbonyl (C=O) groups excluding carboxylic acids is 1. The number of carbonyl (C=O) groups is 1. The lowest BCUT2D eigenvalue weighted by atomic mass is 10.2. The van der Waals surface area contributed by atoms with Crippen LogP contribution in [0, 0.1) is 0 Å². The van der Waals surface area contributed by atoms with E-state index in [1.807, 2.05) is 30.3 Å². The van der Waals surface area contributed by atoms with Crippen LogP contribution in [0.4, 0.5) is 5.69 Å². The number of nitrogens with zero attached hydrogens (tertiary/aromatic N) is 1. The quantitative estimate of drug-likeness (QED) is 0.627. The standard InChI is InChI=1S/C21H16ClNO4S/c22-16-8-6-15(7-9-16)21-23(20(24)14-28(21,25)26)17-10-12-19(13-11-17)27-18-4-2-1-3-5-18/h1-13,21H,14H2. The van der Waals surface area contributed by atoms with Crippen molar-refractivity contribution in [3.05, 3.63) is 89.4 Å². The lowest BCUT2D eigenvalue weighted by Gasteiger charge is -2.24. The first-order valence-corrected chi connectivity index (χ1v) is 10.7. The Morgan fingerprint density at radius 2 is 1.46 bits per heavy atom. The third-order valence-electron chi connectivity index (χ3n) is 4.42. The van der Waals surface area contributed by atoms with Gasteiger partial charge >= 0.3 is 0 Å². The highest BCUT2D eigenvalue weighted by Crippen LogP contribution is 2.38. The minimum Gasteiger partial charge on any atom is -0.457 e. The van der Waals surface area contributed by atoms with E-state index in [-0.39, 0.29) is 0 Å². The Labute approximate surface area is 168 Å². The maximum Gasteiger partial charge on any atom is 0.243 e. The van der Waals surface area contributed by atoms with Gasteiger partial charge in [-0.25, -0.2) is 8.42 Å². The molecule has 0 bridgehead atoms. The molecule has 1 heterocycles. The second kappa shape index (κ2) is 7.30. The van der Waals surface area contributed by atoms with Crippen molar-refractivity contribution in [2.75, 3.05) is 10.7 Å². The van der Waals surface area contributed by atoms with Crippen LogP contribution in [0.15, 0.2) is 78.9 Å². The lowest BCUT2D eigenvalue weighted by Crippen LogP contribution is -2.29. The summed E-state index contributed by atoms with van der Waals surface area (Å²) in [4.78, 5) is 13.8. The van der Waals surface area contributed by atoms with Gasteiger partial charge in [-0.2, -0.15) is 0 Å². The maximum atomic E-state index is 12.6. The Bertz CT molecular complexity index is 1100. The molecule has 1 fully saturated rings. The van der Waals surface area contributed by atoms with Crippen molar-refractivity contribution in [2.45, 2.75) is 5.37 Å². The van der Waals surface area contributed by atoms with Gasteiger partial charge in [-0.05, 0) is 54.1 Å². The number of sulfone groups is 1. The van der Waals surface area contributed by atoms with E-state index < -0.39 is 26.9 Å². The Hall–Kier alpha value is -2.83. The minimum absolute atomic E-state index is 0.461. The van der Waals surface area contributed by atoms with Gasteiger partial charge in [0.25, 0.3) is 0 Å². The molecular weight excluding hydrogens is 398 g/mol. The van der Waals surface area contributed by atoms with Crippen LogP contribution in [0.3, 0.4) is 0 Å². The summed E-state index contributed by atoms with van der Waals surface area (Å²) in [7, 11) is -3.66. The molecule has 1 aliphatic heterocycles. The molecule has 0 radical (unpaired) electrons. The molecule has 1 unspecified atom stereocenters. The molecule has 0 aromatic heterocycles. The minimum atomic E-state index is -3.66. The van der Waals surface area contributed by atoms with E-state index in [1.165, 1.54) is 4.90 Å². The number of amides is 1. The number of hydrogen-bond donors (Lipinski definition) is 0. The Morgan fingerprint density at radius 1 is 0.857 bits per heavy atom. The fourth-order valence-corrected chi connectivity index (χ4v) is 5.07. The molecule has 1 amide bonds. The number of anilines is 1. The maximum absolute atomic E-state index is 12.6. The number of hydrogen-bond acceptors (Lipinski definition) is 4. The summed E-state index contributed by atoms with van der Waals surface area (Å²) in [5, 5.41) is -0.572. The zero-order chi connectivity index (χ0) is 19.7. The van der Waals surface area contributed by atoms with Crippen molar-refractivity contribution in [3.63, 3.8) is 0 Å². The smallest absolute Gasteiger partial charge is 0.243 e. The second-order valence-electron chi connectivity index (χ2n) is 6.38. The molecule has 3 aromatic rings. The predicted octanol–water partition coefficient (Wildman–Crippen LogP) is 4.59. The van der Waals surface area contributed by atoms with Crippen LogP contribution >= 0.6 is 11.6 Å². The molecule has 1 aliphatic rings. The van der Waals surface area contributed by atoms with Crippen molar-refractivity contribution in [1.29, 1.82) is 0 Å².